The second kappa shape index (κ2) is 11.0. The predicted octanol–water partition coefficient (Wildman–Crippen LogP) is 4.81. The van der Waals surface area contributed by atoms with Gasteiger partial charge in [-0.1, -0.05) is 36.9 Å². The third kappa shape index (κ3) is 5.00. The van der Waals surface area contributed by atoms with Crippen LogP contribution in [0.3, 0.4) is 0 Å². The number of fused-ring (bicyclic) bond motifs is 3. The summed E-state index contributed by atoms with van der Waals surface area (Å²) in [5.74, 6) is 2.69. The number of ether oxygens (including phenoxy) is 5. The summed E-state index contributed by atoms with van der Waals surface area (Å²) in [5, 5.41) is 3.26. The Labute approximate surface area is 234 Å². The third-order valence-electron chi connectivity index (χ3n) is 6.55. The Morgan fingerprint density at radius 1 is 1.00 bits per heavy atom. The summed E-state index contributed by atoms with van der Waals surface area (Å²) in [6, 6.07) is 16.2. The number of carbonyl (C=O) groups is 1. The van der Waals surface area contributed by atoms with Crippen molar-refractivity contribution in [2.45, 2.75) is 37.2 Å². The summed E-state index contributed by atoms with van der Waals surface area (Å²) in [4.78, 5) is 32.1. The van der Waals surface area contributed by atoms with E-state index in [1.807, 2.05) is 50.2 Å². The minimum atomic E-state index is -0.531. The number of nitrogens with one attached hydrogen (secondary N) is 1. The van der Waals surface area contributed by atoms with Crippen LogP contribution in [0.4, 0.5) is 5.69 Å². The Kier molecular flexibility index (Phi) is 7.12. The lowest BCUT2D eigenvalue weighted by atomic mass is 10.2. The second-order valence-electron chi connectivity index (χ2n) is 9.13. The van der Waals surface area contributed by atoms with Crippen LogP contribution in [0.25, 0.3) is 10.9 Å². The zero-order valence-electron chi connectivity index (χ0n) is 22.0. The maximum absolute atomic E-state index is 13.9. The van der Waals surface area contributed by atoms with Gasteiger partial charge >= 0.3 is 0 Å². The molecule has 6 rings (SSSR count). The molecule has 40 heavy (non-hydrogen) atoms. The highest BCUT2D eigenvalue weighted by Crippen LogP contribution is 2.37. The van der Waals surface area contributed by atoms with Crippen molar-refractivity contribution in [1.82, 2.24) is 9.55 Å². The summed E-state index contributed by atoms with van der Waals surface area (Å²) in [7, 11) is 0. The maximum atomic E-state index is 13.9. The van der Waals surface area contributed by atoms with Crippen LogP contribution in [0, 0.1) is 0 Å². The van der Waals surface area contributed by atoms with Gasteiger partial charge in [-0.05, 0) is 49.2 Å². The molecule has 206 valence electrons. The number of hydrogen-bond donors (Lipinski definition) is 1. The fourth-order valence-corrected chi connectivity index (χ4v) is 5.57. The van der Waals surface area contributed by atoms with Gasteiger partial charge in [0.25, 0.3) is 5.56 Å². The van der Waals surface area contributed by atoms with Crippen molar-refractivity contribution in [2.24, 2.45) is 0 Å². The molecule has 1 aromatic heterocycles. The van der Waals surface area contributed by atoms with Crippen molar-refractivity contribution in [1.29, 1.82) is 0 Å². The number of carbonyl (C=O) groups excluding carboxylic acids is 1. The monoisotopic (exact) mass is 561 g/mol. The predicted molar refractivity (Wildman–Crippen MR) is 150 cm³/mol. The fourth-order valence-electron chi connectivity index (χ4n) is 4.56. The summed E-state index contributed by atoms with van der Waals surface area (Å²) in [5.41, 5.74) is 1.64. The Morgan fingerprint density at radius 2 is 1.73 bits per heavy atom. The molecule has 3 heterocycles. The third-order valence-corrected chi connectivity index (χ3v) is 7.90. The lowest BCUT2D eigenvalue weighted by molar-refractivity contribution is -0.115. The van der Waals surface area contributed by atoms with E-state index in [4.69, 9.17) is 28.7 Å². The standard InChI is InChI=1S/C29H27N3O7S/c1-3-26(27(33)30-19-7-5-6-8-21(19)35-4-2)40-29-31-20-13-25-24(38-16-39-25)12-18(20)28(34)32(29)14-17-9-10-22-23(11-17)37-15-36-22/h5-13,26H,3-4,14-16H2,1-2H3,(H,30,33)/t26-/m1/s1. The van der Waals surface area contributed by atoms with Gasteiger partial charge in [0.1, 0.15) is 5.75 Å². The van der Waals surface area contributed by atoms with Crippen LogP contribution in [-0.4, -0.2) is 40.9 Å². The van der Waals surface area contributed by atoms with Gasteiger partial charge in [0.15, 0.2) is 28.2 Å². The van der Waals surface area contributed by atoms with E-state index in [1.54, 1.807) is 22.8 Å². The highest BCUT2D eigenvalue weighted by Gasteiger charge is 2.25. The highest BCUT2D eigenvalue weighted by atomic mass is 32.2. The van der Waals surface area contributed by atoms with Gasteiger partial charge in [0, 0.05) is 6.07 Å². The average molecular weight is 562 g/mol. The molecule has 1 N–H and O–H groups in total. The SMILES string of the molecule is CCOc1ccccc1NC(=O)[C@@H](CC)Sc1nc2cc3c(cc2c(=O)n1Cc1ccc2c(c1)OCO2)OCO3. The van der Waals surface area contributed by atoms with Gasteiger partial charge < -0.3 is 29.0 Å². The lowest BCUT2D eigenvalue weighted by Crippen LogP contribution is -2.28. The molecule has 1 atom stereocenters. The van der Waals surface area contributed by atoms with Gasteiger partial charge in [-0.2, -0.15) is 0 Å². The first-order valence-electron chi connectivity index (χ1n) is 13.0. The van der Waals surface area contributed by atoms with Crippen LogP contribution in [0.2, 0.25) is 0 Å². The van der Waals surface area contributed by atoms with Gasteiger partial charge in [0.05, 0.1) is 35.0 Å². The van der Waals surface area contributed by atoms with Crippen molar-refractivity contribution in [3.8, 4) is 28.7 Å². The van der Waals surface area contributed by atoms with E-state index in [0.717, 1.165) is 5.56 Å². The Hall–Kier alpha value is -4.38. The van der Waals surface area contributed by atoms with E-state index in [9.17, 15) is 9.59 Å². The van der Waals surface area contributed by atoms with E-state index < -0.39 is 5.25 Å². The minimum absolute atomic E-state index is 0.0833. The van der Waals surface area contributed by atoms with Crippen LogP contribution in [0.1, 0.15) is 25.8 Å². The smallest absolute Gasteiger partial charge is 0.262 e. The Bertz CT molecular complexity index is 1660. The van der Waals surface area contributed by atoms with Crippen LogP contribution in [-0.2, 0) is 11.3 Å². The maximum Gasteiger partial charge on any atom is 0.262 e. The molecule has 0 bridgehead atoms. The molecule has 2 aliphatic rings. The normalized spacial score (nSPS) is 13.8. The zero-order valence-corrected chi connectivity index (χ0v) is 22.8. The number of anilines is 1. The van der Waals surface area contributed by atoms with Crippen LogP contribution < -0.4 is 34.6 Å². The number of benzene rings is 3. The Balaban J connectivity index is 1.37. The molecule has 3 aromatic carbocycles. The molecule has 2 aliphatic heterocycles. The number of rotatable bonds is 9. The van der Waals surface area contributed by atoms with Crippen molar-refractivity contribution >= 4 is 34.3 Å². The van der Waals surface area contributed by atoms with Crippen LogP contribution in [0.15, 0.2) is 64.5 Å². The molecular weight excluding hydrogens is 534 g/mol. The molecule has 0 spiro atoms. The number of thioether (sulfide) groups is 1. The van der Waals surface area contributed by atoms with Crippen LogP contribution in [0.5, 0.6) is 28.7 Å². The zero-order chi connectivity index (χ0) is 27.6. The summed E-state index contributed by atoms with van der Waals surface area (Å²) < 4.78 is 29.2. The first-order chi connectivity index (χ1) is 19.5. The van der Waals surface area contributed by atoms with Gasteiger partial charge in [-0.25, -0.2) is 4.98 Å². The van der Waals surface area contributed by atoms with Gasteiger partial charge in [-0.3, -0.25) is 14.2 Å². The van der Waals surface area contributed by atoms with Crippen molar-refractivity contribution in [3.05, 3.63) is 70.5 Å². The molecule has 0 aliphatic carbocycles. The number of aromatic nitrogens is 2. The number of hydrogen-bond acceptors (Lipinski definition) is 9. The van der Waals surface area contributed by atoms with Crippen molar-refractivity contribution in [2.75, 3.05) is 25.5 Å². The Morgan fingerprint density at radius 3 is 2.50 bits per heavy atom. The lowest BCUT2D eigenvalue weighted by Gasteiger charge is -2.19. The quantitative estimate of drug-likeness (QED) is 0.227. The molecule has 0 saturated heterocycles. The van der Waals surface area contributed by atoms with Gasteiger partial charge in [0.2, 0.25) is 19.5 Å². The summed E-state index contributed by atoms with van der Waals surface area (Å²) >= 11 is 1.24. The van der Waals surface area contributed by atoms with E-state index in [-0.39, 0.29) is 31.6 Å². The average Bonchev–Trinajstić information content (AvgIpc) is 3.62. The molecule has 4 aromatic rings. The number of amides is 1. The molecule has 0 saturated carbocycles. The van der Waals surface area contributed by atoms with Crippen LogP contribution >= 0.6 is 11.8 Å². The molecule has 0 unspecified atom stereocenters. The van der Waals surface area contributed by atoms with E-state index in [0.29, 0.717) is 63.5 Å². The summed E-state index contributed by atoms with van der Waals surface area (Å²) in [6.07, 6.45) is 0.506. The highest BCUT2D eigenvalue weighted by molar-refractivity contribution is 8.00. The topological polar surface area (TPSA) is 110 Å². The fraction of sp³-hybridized carbons (Fsp3) is 0.276. The number of nitrogens with zero attached hydrogens (tertiary/aromatic N) is 2. The first-order valence-corrected chi connectivity index (χ1v) is 13.8. The van der Waals surface area contributed by atoms with Crippen molar-refractivity contribution < 1.29 is 28.5 Å². The van der Waals surface area contributed by atoms with Gasteiger partial charge in [-0.15, -0.1) is 0 Å². The molecule has 0 radical (unpaired) electrons. The summed E-state index contributed by atoms with van der Waals surface area (Å²) in [6.45, 7) is 4.75. The molecule has 0 fully saturated rings. The van der Waals surface area contributed by atoms with E-state index >= 15 is 0 Å². The first kappa shape index (κ1) is 25.9. The van der Waals surface area contributed by atoms with E-state index in [2.05, 4.69) is 5.32 Å². The molecular formula is C29H27N3O7S. The largest absolute Gasteiger partial charge is 0.492 e. The molecule has 10 nitrogen and oxygen atoms in total. The van der Waals surface area contributed by atoms with Crippen molar-refractivity contribution in [3.63, 3.8) is 0 Å². The second-order valence-corrected chi connectivity index (χ2v) is 10.3. The molecule has 11 heteroatoms. The molecule has 1 amide bonds. The van der Waals surface area contributed by atoms with E-state index in [1.165, 1.54) is 11.8 Å². The minimum Gasteiger partial charge on any atom is -0.492 e. The number of para-hydroxylation sites is 2.